The van der Waals surface area contributed by atoms with Crippen LogP contribution in [0.1, 0.15) is 26.7 Å². The predicted octanol–water partition coefficient (Wildman–Crippen LogP) is 2.55. The summed E-state index contributed by atoms with van der Waals surface area (Å²) in [7, 11) is 0. The van der Waals surface area contributed by atoms with Gasteiger partial charge in [-0.3, -0.25) is 9.59 Å². The molecule has 2 rings (SSSR count). The minimum Gasteiger partial charge on any atom is -0.330 e. The van der Waals surface area contributed by atoms with Gasteiger partial charge in [0.25, 0.3) is 0 Å². The fraction of sp³-hybridized carbons (Fsp3) is 0.467. The summed E-state index contributed by atoms with van der Waals surface area (Å²) in [6.45, 7) is 4.07. The van der Waals surface area contributed by atoms with Crippen molar-refractivity contribution in [1.82, 2.24) is 4.90 Å². The van der Waals surface area contributed by atoms with Crippen LogP contribution in [0, 0.1) is 17.6 Å². The van der Waals surface area contributed by atoms with Crippen molar-refractivity contribution < 1.29 is 18.4 Å². The summed E-state index contributed by atoms with van der Waals surface area (Å²) in [6, 6.07) is 2.36. The quantitative estimate of drug-likeness (QED) is 0.932. The Labute approximate surface area is 122 Å². The van der Waals surface area contributed by atoms with Crippen LogP contribution in [0.3, 0.4) is 0 Å². The molecule has 114 valence electrons. The molecule has 1 aliphatic rings. The first-order chi connectivity index (χ1) is 9.90. The standard InChI is InChI=1S/C15H18F2N2O2/c1-9(2)15(21)19-7-3-4-13(19)14(20)18-12-6-5-10(16)8-11(12)17/h5-6,8-9,13H,3-4,7H2,1-2H3,(H,18,20)/t13-/m1/s1. The Morgan fingerprint density at radius 3 is 2.67 bits per heavy atom. The molecule has 21 heavy (non-hydrogen) atoms. The average Bonchev–Trinajstić information content (AvgIpc) is 2.90. The van der Waals surface area contributed by atoms with Gasteiger partial charge >= 0.3 is 0 Å². The minimum absolute atomic E-state index is 0.0785. The summed E-state index contributed by atoms with van der Waals surface area (Å²) in [5.74, 6) is -2.26. The van der Waals surface area contributed by atoms with Gasteiger partial charge in [-0.05, 0) is 25.0 Å². The van der Waals surface area contributed by atoms with Crippen LogP contribution in [-0.4, -0.2) is 29.3 Å². The molecule has 0 radical (unpaired) electrons. The van der Waals surface area contributed by atoms with Gasteiger partial charge in [0.05, 0.1) is 5.69 Å². The van der Waals surface area contributed by atoms with E-state index in [1.807, 2.05) is 0 Å². The van der Waals surface area contributed by atoms with Crippen LogP contribution < -0.4 is 5.32 Å². The van der Waals surface area contributed by atoms with E-state index in [4.69, 9.17) is 0 Å². The van der Waals surface area contributed by atoms with E-state index in [1.165, 1.54) is 11.0 Å². The Hall–Kier alpha value is -1.98. The maximum absolute atomic E-state index is 13.5. The lowest BCUT2D eigenvalue weighted by atomic mass is 10.1. The molecule has 1 N–H and O–H groups in total. The van der Waals surface area contributed by atoms with E-state index in [1.54, 1.807) is 13.8 Å². The van der Waals surface area contributed by atoms with E-state index < -0.39 is 23.6 Å². The number of likely N-dealkylation sites (tertiary alicyclic amines) is 1. The van der Waals surface area contributed by atoms with Gasteiger partial charge in [-0.15, -0.1) is 0 Å². The zero-order valence-electron chi connectivity index (χ0n) is 12.0. The number of hydrogen-bond donors (Lipinski definition) is 1. The molecule has 0 aliphatic carbocycles. The van der Waals surface area contributed by atoms with Crippen molar-refractivity contribution in [2.45, 2.75) is 32.7 Å². The minimum atomic E-state index is -0.830. The van der Waals surface area contributed by atoms with Gasteiger partial charge in [-0.1, -0.05) is 13.8 Å². The Bertz CT molecular complexity index is 561. The molecular weight excluding hydrogens is 278 g/mol. The molecule has 2 amide bonds. The molecule has 4 nitrogen and oxygen atoms in total. The SMILES string of the molecule is CC(C)C(=O)N1CCC[C@@H]1C(=O)Nc1ccc(F)cc1F. The Kier molecular flexibility index (Phi) is 4.55. The molecule has 1 atom stereocenters. The van der Waals surface area contributed by atoms with Crippen LogP contribution in [0.5, 0.6) is 0 Å². The third-order valence-electron chi connectivity index (χ3n) is 3.52. The van der Waals surface area contributed by atoms with E-state index in [-0.39, 0.29) is 17.5 Å². The maximum atomic E-state index is 13.5. The number of anilines is 1. The molecule has 1 fully saturated rings. The topological polar surface area (TPSA) is 49.4 Å². The van der Waals surface area contributed by atoms with E-state index in [9.17, 15) is 18.4 Å². The van der Waals surface area contributed by atoms with Crippen molar-refractivity contribution >= 4 is 17.5 Å². The molecule has 0 saturated carbocycles. The molecule has 1 saturated heterocycles. The fourth-order valence-electron chi connectivity index (χ4n) is 2.44. The second-order valence-electron chi connectivity index (χ2n) is 5.46. The van der Waals surface area contributed by atoms with Crippen molar-refractivity contribution in [2.24, 2.45) is 5.92 Å². The number of nitrogens with one attached hydrogen (secondary N) is 1. The van der Waals surface area contributed by atoms with E-state index in [0.717, 1.165) is 12.5 Å². The van der Waals surface area contributed by atoms with Gasteiger partial charge in [0.15, 0.2) is 0 Å². The van der Waals surface area contributed by atoms with E-state index >= 15 is 0 Å². The Morgan fingerprint density at radius 1 is 1.33 bits per heavy atom. The highest BCUT2D eigenvalue weighted by Gasteiger charge is 2.35. The van der Waals surface area contributed by atoms with Crippen molar-refractivity contribution in [3.8, 4) is 0 Å². The summed E-state index contributed by atoms with van der Waals surface area (Å²) >= 11 is 0. The summed E-state index contributed by atoms with van der Waals surface area (Å²) in [5, 5.41) is 2.43. The Balaban J connectivity index is 2.10. The summed E-state index contributed by atoms with van der Waals surface area (Å²) in [4.78, 5) is 25.8. The molecule has 1 aromatic carbocycles. The lowest BCUT2D eigenvalue weighted by molar-refractivity contribution is -0.139. The number of halogens is 2. The number of hydrogen-bond acceptors (Lipinski definition) is 2. The molecule has 1 aromatic rings. The number of benzene rings is 1. The number of rotatable bonds is 3. The highest BCUT2D eigenvalue weighted by Crippen LogP contribution is 2.22. The third-order valence-corrected chi connectivity index (χ3v) is 3.52. The summed E-state index contributed by atoms with van der Waals surface area (Å²) in [5.41, 5.74) is -0.0785. The molecule has 1 heterocycles. The maximum Gasteiger partial charge on any atom is 0.247 e. The molecule has 0 aromatic heterocycles. The number of nitrogens with zero attached hydrogens (tertiary/aromatic N) is 1. The predicted molar refractivity (Wildman–Crippen MR) is 74.6 cm³/mol. The number of carbonyl (C=O) groups excluding carboxylic acids is 2. The smallest absolute Gasteiger partial charge is 0.247 e. The fourth-order valence-corrected chi connectivity index (χ4v) is 2.44. The van der Waals surface area contributed by atoms with Gasteiger partial charge < -0.3 is 10.2 Å². The van der Waals surface area contributed by atoms with Crippen molar-refractivity contribution in [3.63, 3.8) is 0 Å². The number of carbonyl (C=O) groups is 2. The normalized spacial score (nSPS) is 18.1. The molecular formula is C15H18F2N2O2. The average molecular weight is 296 g/mol. The van der Waals surface area contributed by atoms with Crippen molar-refractivity contribution in [3.05, 3.63) is 29.8 Å². The monoisotopic (exact) mass is 296 g/mol. The zero-order valence-corrected chi connectivity index (χ0v) is 12.0. The van der Waals surface area contributed by atoms with Gasteiger partial charge in [-0.25, -0.2) is 8.78 Å². The lowest BCUT2D eigenvalue weighted by Crippen LogP contribution is -2.44. The van der Waals surface area contributed by atoms with Crippen LogP contribution in [0.15, 0.2) is 18.2 Å². The summed E-state index contributed by atoms with van der Waals surface area (Å²) in [6.07, 6.45) is 1.29. The highest BCUT2D eigenvalue weighted by atomic mass is 19.1. The highest BCUT2D eigenvalue weighted by molar-refractivity contribution is 5.97. The van der Waals surface area contributed by atoms with Gasteiger partial charge in [-0.2, -0.15) is 0 Å². The second-order valence-corrected chi connectivity index (χ2v) is 5.46. The molecule has 6 heteroatoms. The van der Waals surface area contributed by atoms with Crippen LogP contribution >= 0.6 is 0 Å². The first-order valence-corrected chi connectivity index (χ1v) is 6.96. The molecule has 1 aliphatic heterocycles. The van der Waals surface area contributed by atoms with Crippen molar-refractivity contribution in [1.29, 1.82) is 0 Å². The lowest BCUT2D eigenvalue weighted by Gasteiger charge is -2.25. The largest absolute Gasteiger partial charge is 0.330 e. The zero-order chi connectivity index (χ0) is 15.6. The van der Waals surface area contributed by atoms with Crippen LogP contribution in [0.25, 0.3) is 0 Å². The van der Waals surface area contributed by atoms with E-state index in [0.29, 0.717) is 19.0 Å². The number of amides is 2. The summed E-state index contributed by atoms with van der Waals surface area (Å²) < 4.78 is 26.4. The molecule has 0 unspecified atom stereocenters. The first kappa shape index (κ1) is 15.4. The van der Waals surface area contributed by atoms with Gasteiger partial charge in [0, 0.05) is 18.5 Å². The Morgan fingerprint density at radius 2 is 2.05 bits per heavy atom. The van der Waals surface area contributed by atoms with Gasteiger partial charge in [0.2, 0.25) is 11.8 Å². The first-order valence-electron chi connectivity index (χ1n) is 6.96. The molecule has 0 bridgehead atoms. The van der Waals surface area contributed by atoms with Crippen LogP contribution in [0.2, 0.25) is 0 Å². The third kappa shape index (κ3) is 3.37. The second kappa shape index (κ2) is 6.20. The van der Waals surface area contributed by atoms with Crippen molar-refractivity contribution in [2.75, 3.05) is 11.9 Å². The van der Waals surface area contributed by atoms with Crippen LogP contribution in [-0.2, 0) is 9.59 Å². The molecule has 0 spiro atoms. The van der Waals surface area contributed by atoms with Crippen LogP contribution in [0.4, 0.5) is 14.5 Å². The van der Waals surface area contributed by atoms with E-state index in [2.05, 4.69) is 5.32 Å². The van der Waals surface area contributed by atoms with Gasteiger partial charge in [0.1, 0.15) is 17.7 Å².